The second kappa shape index (κ2) is 6.72. The number of nitrogens with one attached hydrogen (secondary N) is 1. The Balaban J connectivity index is 1.44. The number of carboxylic acid groups (broad SMARTS) is 1. The first-order valence-corrected chi connectivity index (χ1v) is 9.31. The van der Waals surface area contributed by atoms with Crippen LogP contribution in [0.25, 0.3) is 11.1 Å². The van der Waals surface area contributed by atoms with Gasteiger partial charge in [-0.15, -0.1) is 0 Å². The van der Waals surface area contributed by atoms with Crippen molar-refractivity contribution in [3.05, 3.63) is 59.7 Å². The number of hydrogen-bond acceptors (Lipinski definition) is 3. The van der Waals surface area contributed by atoms with Crippen molar-refractivity contribution in [2.45, 2.75) is 38.1 Å². The minimum absolute atomic E-state index is 0.0274. The summed E-state index contributed by atoms with van der Waals surface area (Å²) in [6, 6.07) is 15.3. The van der Waals surface area contributed by atoms with Crippen molar-refractivity contribution < 1.29 is 19.4 Å². The molecule has 2 aromatic rings. The maximum absolute atomic E-state index is 12.2. The molecule has 1 unspecified atom stereocenters. The predicted molar refractivity (Wildman–Crippen MR) is 102 cm³/mol. The fourth-order valence-electron chi connectivity index (χ4n) is 3.89. The number of aliphatic carboxylic acids is 1. The van der Waals surface area contributed by atoms with E-state index in [4.69, 9.17) is 4.74 Å². The molecule has 0 aliphatic heterocycles. The highest BCUT2D eigenvalue weighted by molar-refractivity contribution is 5.81. The average Bonchev–Trinajstić information content (AvgIpc) is 3.30. The predicted octanol–water partition coefficient (Wildman–Crippen LogP) is 4.17. The molecule has 0 bridgehead atoms. The molecule has 5 heteroatoms. The zero-order valence-corrected chi connectivity index (χ0v) is 15.3. The summed E-state index contributed by atoms with van der Waals surface area (Å²) >= 11 is 0. The first-order valence-electron chi connectivity index (χ1n) is 9.31. The molecule has 0 radical (unpaired) electrons. The third kappa shape index (κ3) is 3.54. The van der Waals surface area contributed by atoms with Crippen molar-refractivity contribution in [1.29, 1.82) is 0 Å². The van der Waals surface area contributed by atoms with Crippen LogP contribution in [0, 0.1) is 5.41 Å². The van der Waals surface area contributed by atoms with Gasteiger partial charge in [-0.25, -0.2) is 9.59 Å². The number of carbonyl (C=O) groups excluding carboxylic acids is 1. The van der Waals surface area contributed by atoms with Gasteiger partial charge in [-0.1, -0.05) is 55.5 Å². The summed E-state index contributed by atoms with van der Waals surface area (Å²) in [5.41, 5.74) is 4.61. The number of benzene rings is 2. The third-order valence-electron chi connectivity index (χ3n) is 5.73. The summed E-state index contributed by atoms with van der Waals surface area (Å²) in [5, 5.41) is 11.9. The Labute approximate surface area is 158 Å². The minimum atomic E-state index is -1.02. The number of rotatable bonds is 6. The van der Waals surface area contributed by atoms with Gasteiger partial charge in [-0.3, -0.25) is 0 Å². The minimum Gasteiger partial charge on any atom is -0.480 e. The molecule has 2 N–H and O–H groups in total. The Bertz CT molecular complexity index is 842. The van der Waals surface area contributed by atoms with E-state index in [-0.39, 0.29) is 17.9 Å². The van der Waals surface area contributed by atoms with Gasteiger partial charge < -0.3 is 15.2 Å². The lowest BCUT2D eigenvalue weighted by atomic mass is 9.98. The van der Waals surface area contributed by atoms with Crippen molar-refractivity contribution in [3.8, 4) is 11.1 Å². The Morgan fingerprint density at radius 1 is 1.11 bits per heavy atom. The molecule has 1 fully saturated rings. The van der Waals surface area contributed by atoms with Crippen LogP contribution in [0.15, 0.2) is 48.5 Å². The monoisotopic (exact) mass is 365 g/mol. The van der Waals surface area contributed by atoms with Crippen molar-refractivity contribution >= 4 is 12.1 Å². The average molecular weight is 365 g/mol. The highest BCUT2D eigenvalue weighted by Gasteiger charge is 2.41. The molecule has 4 rings (SSSR count). The molecular weight excluding hydrogens is 342 g/mol. The number of carbonyl (C=O) groups is 2. The van der Waals surface area contributed by atoms with Gasteiger partial charge in [0.15, 0.2) is 0 Å². The van der Waals surface area contributed by atoms with Gasteiger partial charge in [0.05, 0.1) is 0 Å². The maximum atomic E-state index is 12.2. The molecule has 2 aliphatic carbocycles. The fourth-order valence-corrected chi connectivity index (χ4v) is 3.89. The van der Waals surface area contributed by atoms with Crippen molar-refractivity contribution in [2.75, 3.05) is 6.61 Å². The largest absolute Gasteiger partial charge is 0.480 e. The smallest absolute Gasteiger partial charge is 0.407 e. The van der Waals surface area contributed by atoms with Crippen LogP contribution in [0.1, 0.15) is 43.2 Å². The van der Waals surface area contributed by atoms with Gasteiger partial charge in [0.2, 0.25) is 0 Å². The lowest BCUT2D eigenvalue weighted by molar-refractivity contribution is -0.139. The SMILES string of the molecule is CC1(CC(NC(=O)OCC2c3ccccc3-c3ccccc32)C(=O)O)CC1. The molecule has 1 amide bonds. The van der Waals surface area contributed by atoms with Gasteiger partial charge in [0.1, 0.15) is 12.6 Å². The van der Waals surface area contributed by atoms with Gasteiger partial charge in [-0.05, 0) is 46.9 Å². The molecule has 1 atom stereocenters. The molecule has 0 aromatic heterocycles. The summed E-state index contributed by atoms with van der Waals surface area (Å²) in [6.07, 6.45) is 1.77. The second-order valence-corrected chi connectivity index (χ2v) is 7.88. The van der Waals surface area contributed by atoms with Crippen LogP contribution >= 0.6 is 0 Å². The topological polar surface area (TPSA) is 75.6 Å². The Morgan fingerprint density at radius 2 is 1.67 bits per heavy atom. The molecule has 1 saturated carbocycles. The van der Waals surface area contributed by atoms with Crippen molar-refractivity contribution in [1.82, 2.24) is 5.32 Å². The number of amides is 1. The van der Waals surface area contributed by atoms with Crippen molar-refractivity contribution in [2.24, 2.45) is 5.41 Å². The van der Waals surface area contributed by atoms with Crippen molar-refractivity contribution in [3.63, 3.8) is 0 Å². The first kappa shape index (κ1) is 17.6. The van der Waals surface area contributed by atoms with Gasteiger partial charge in [0, 0.05) is 5.92 Å². The summed E-state index contributed by atoms with van der Waals surface area (Å²) < 4.78 is 5.44. The van der Waals surface area contributed by atoms with E-state index in [0.29, 0.717) is 6.42 Å². The van der Waals surface area contributed by atoms with E-state index in [1.54, 1.807) is 0 Å². The van der Waals surface area contributed by atoms with Crippen LogP contribution in [-0.4, -0.2) is 29.8 Å². The number of alkyl carbamates (subject to hydrolysis) is 1. The van der Waals surface area contributed by atoms with E-state index in [1.165, 1.54) is 0 Å². The van der Waals surface area contributed by atoms with Gasteiger partial charge in [0.25, 0.3) is 0 Å². The highest BCUT2D eigenvalue weighted by atomic mass is 16.5. The normalized spacial score (nSPS) is 17.5. The number of carboxylic acids is 1. The number of ether oxygens (including phenoxy) is 1. The molecule has 5 nitrogen and oxygen atoms in total. The molecule has 0 spiro atoms. The van der Waals surface area contributed by atoms with E-state index >= 15 is 0 Å². The van der Waals surface area contributed by atoms with E-state index in [1.807, 2.05) is 31.2 Å². The lowest BCUT2D eigenvalue weighted by Crippen LogP contribution is -2.42. The molecular formula is C22H23NO4. The molecule has 140 valence electrons. The van der Waals surface area contributed by atoms with Crippen LogP contribution in [0.2, 0.25) is 0 Å². The lowest BCUT2D eigenvalue weighted by Gasteiger charge is -2.19. The Kier molecular flexibility index (Phi) is 4.38. The fraction of sp³-hybridized carbons (Fsp3) is 0.364. The second-order valence-electron chi connectivity index (χ2n) is 7.88. The summed E-state index contributed by atoms with van der Waals surface area (Å²) in [6.45, 7) is 2.23. The number of hydrogen-bond donors (Lipinski definition) is 2. The van der Waals surface area contributed by atoms with Gasteiger partial charge >= 0.3 is 12.1 Å². The Hall–Kier alpha value is -2.82. The summed E-state index contributed by atoms with van der Waals surface area (Å²) in [7, 11) is 0. The third-order valence-corrected chi connectivity index (χ3v) is 5.73. The molecule has 0 heterocycles. The molecule has 2 aromatic carbocycles. The molecule has 27 heavy (non-hydrogen) atoms. The van der Waals surface area contributed by atoms with Crippen LogP contribution in [0.4, 0.5) is 4.79 Å². The maximum Gasteiger partial charge on any atom is 0.407 e. The van der Waals surface area contributed by atoms with E-state index in [0.717, 1.165) is 35.1 Å². The quantitative estimate of drug-likeness (QED) is 0.806. The van der Waals surface area contributed by atoms with Crippen LogP contribution in [0.5, 0.6) is 0 Å². The zero-order valence-electron chi connectivity index (χ0n) is 15.3. The zero-order chi connectivity index (χ0) is 19.0. The van der Waals surface area contributed by atoms with Crippen LogP contribution < -0.4 is 5.32 Å². The highest BCUT2D eigenvalue weighted by Crippen LogP contribution is 2.49. The van der Waals surface area contributed by atoms with E-state index < -0.39 is 18.1 Å². The molecule has 0 saturated heterocycles. The molecule has 2 aliphatic rings. The first-order chi connectivity index (χ1) is 13.0. The summed E-state index contributed by atoms with van der Waals surface area (Å²) in [5.74, 6) is -1.05. The number of fused-ring (bicyclic) bond motifs is 3. The standard InChI is InChI=1S/C22H23NO4/c1-22(10-11-22)12-19(20(24)25)23-21(26)27-13-18-16-8-4-2-6-14(16)15-7-3-5-9-17(15)18/h2-9,18-19H,10-13H2,1H3,(H,23,26)(H,24,25). The van der Waals surface area contributed by atoms with E-state index in [2.05, 4.69) is 29.6 Å². The Morgan fingerprint density at radius 3 is 2.19 bits per heavy atom. The van der Waals surface area contributed by atoms with E-state index in [9.17, 15) is 14.7 Å². The van der Waals surface area contributed by atoms with Crippen LogP contribution in [-0.2, 0) is 9.53 Å². The van der Waals surface area contributed by atoms with Crippen LogP contribution in [0.3, 0.4) is 0 Å². The summed E-state index contributed by atoms with van der Waals surface area (Å²) in [4.78, 5) is 23.7. The van der Waals surface area contributed by atoms with Gasteiger partial charge in [-0.2, -0.15) is 0 Å².